The Bertz CT molecular complexity index is 785. The molecule has 2 aromatic heterocycles. The summed E-state index contributed by atoms with van der Waals surface area (Å²) in [7, 11) is 1.64. The molecule has 3 rings (SSSR count). The van der Waals surface area contributed by atoms with Crippen molar-refractivity contribution in [3.05, 3.63) is 63.8 Å². The summed E-state index contributed by atoms with van der Waals surface area (Å²) >= 11 is 0. The van der Waals surface area contributed by atoms with Crippen molar-refractivity contribution in [2.45, 2.75) is 13.0 Å². The molecule has 0 saturated carbocycles. The molecule has 0 spiro atoms. The fourth-order valence-electron chi connectivity index (χ4n) is 2.71. The molecule has 0 bridgehead atoms. The number of pyridine rings is 2. The van der Waals surface area contributed by atoms with Gasteiger partial charge in [0.05, 0.1) is 18.7 Å². The van der Waals surface area contributed by atoms with E-state index in [1.165, 1.54) is 10.6 Å². The summed E-state index contributed by atoms with van der Waals surface area (Å²) < 4.78 is 7.22. The van der Waals surface area contributed by atoms with E-state index in [0.29, 0.717) is 25.3 Å². The second kappa shape index (κ2) is 6.34. The zero-order valence-electron chi connectivity index (χ0n) is 13.2. The van der Waals surface area contributed by atoms with Crippen LogP contribution < -0.4 is 5.56 Å². The highest BCUT2D eigenvalue weighted by Gasteiger charge is 2.26. The van der Waals surface area contributed by atoms with Gasteiger partial charge in [-0.25, -0.2) is 0 Å². The maximum absolute atomic E-state index is 12.6. The van der Waals surface area contributed by atoms with Crippen LogP contribution in [0.2, 0.25) is 0 Å². The third-order valence-corrected chi connectivity index (χ3v) is 3.98. The summed E-state index contributed by atoms with van der Waals surface area (Å²) in [6.07, 6.45) is 3.18. The summed E-state index contributed by atoms with van der Waals surface area (Å²) in [5.74, 6) is -0.0836. The van der Waals surface area contributed by atoms with Crippen LogP contribution in [0.3, 0.4) is 0 Å². The Balaban J connectivity index is 1.79. The normalized spacial score (nSPS) is 18.0. The molecule has 23 heavy (non-hydrogen) atoms. The highest BCUT2D eigenvalue weighted by atomic mass is 16.5. The molecular formula is C17H19N3O3. The number of aryl methyl sites for hydroxylation is 2. The molecule has 0 N–H and O–H groups in total. The molecule has 6 heteroatoms. The standard InChI is InChI=1S/C17H19N3O3/c1-12-9-13(5-6-18-12)15-11-20(7-8-23-15)17(22)14-3-4-16(21)19(2)10-14/h3-6,9-10,15H,7-8,11H2,1-2H3/t15-/m1/s1. The first-order valence-electron chi connectivity index (χ1n) is 7.55. The van der Waals surface area contributed by atoms with Gasteiger partial charge in [-0.1, -0.05) is 0 Å². The predicted molar refractivity (Wildman–Crippen MR) is 85.3 cm³/mol. The van der Waals surface area contributed by atoms with Gasteiger partial charge in [0.2, 0.25) is 5.56 Å². The Morgan fingerprint density at radius 3 is 2.91 bits per heavy atom. The zero-order chi connectivity index (χ0) is 16.4. The van der Waals surface area contributed by atoms with Crippen molar-refractivity contribution in [3.63, 3.8) is 0 Å². The Morgan fingerprint density at radius 2 is 2.17 bits per heavy atom. The van der Waals surface area contributed by atoms with Gasteiger partial charge in [-0.05, 0) is 30.7 Å². The van der Waals surface area contributed by atoms with E-state index in [0.717, 1.165) is 11.3 Å². The first-order chi connectivity index (χ1) is 11.0. The number of aromatic nitrogens is 2. The van der Waals surface area contributed by atoms with Gasteiger partial charge < -0.3 is 14.2 Å². The minimum atomic E-state index is -0.151. The fraction of sp³-hybridized carbons (Fsp3) is 0.353. The van der Waals surface area contributed by atoms with Crippen LogP contribution >= 0.6 is 0 Å². The number of hydrogen-bond acceptors (Lipinski definition) is 4. The average molecular weight is 313 g/mol. The van der Waals surface area contributed by atoms with Gasteiger partial charge in [0, 0.05) is 37.7 Å². The number of hydrogen-bond donors (Lipinski definition) is 0. The van der Waals surface area contributed by atoms with E-state index in [1.807, 2.05) is 19.1 Å². The van der Waals surface area contributed by atoms with Gasteiger partial charge >= 0.3 is 0 Å². The molecule has 0 aromatic carbocycles. The van der Waals surface area contributed by atoms with Crippen molar-refractivity contribution in [2.75, 3.05) is 19.7 Å². The van der Waals surface area contributed by atoms with Crippen molar-refractivity contribution < 1.29 is 9.53 Å². The quantitative estimate of drug-likeness (QED) is 0.838. The van der Waals surface area contributed by atoms with Gasteiger partial charge in [-0.3, -0.25) is 14.6 Å². The smallest absolute Gasteiger partial charge is 0.255 e. The number of ether oxygens (including phenoxy) is 1. The van der Waals surface area contributed by atoms with E-state index < -0.39 is 0 Å². The first kappa shape index (κ1) is 15.4. The molecule has 1 amide bonds. The van der Waals surface area contributed by atoms with Crippen molar-refractivity contribution in [1.82, 2.24) is 14.5 Å². The molecule has 0 unspecified atom stereocenters. The van der Waals surface area contributed by atoms with E-state index in [-0.39, 0.29) is 17.6 Å². The Kier molecular flexibility index (Phi) is 4.25. The number of nitrogens with zero attached hydrogens (tertiary/aromatic N) is 3. The lowest BCUT2D eigenvalue weighted by atomic mass is 10.1. The molecule has 1 saturated heterocycles. The lowest BCUT2D eigenvalue weighted by molar-refractivity contribution is -0.0229. The van der Waals surface area contributed by atoms with Gasteiger partial charge in [0.1, 0.15) is 6.10 Å². The van der Waals surface area contributed by atoms with Crippen molar-refractivity contribution in [3.8, 4) is 0 Å². The number of carbonyl (C=O) groups is 1. The minimum Gasteiger partial charge on any atom is -0.370 e. The van der Waals surface area contributed by atoms with Crippen LogP contribution in [0.15, 0.2) is 41.5 Å². The van der Waals surface area contributed by atoms with Crippen LogP contribution in [0.25, 0.3) is 0 Å². The van der Waals surface area contributed by atoms with Gasteiger partial charge in [-0.2, -0.15) is 0 Å². The second-order valence-corrected chi connectivity index (χ2v) is 5.71. The number of morpholine rings is 1. The van der Waals surface area contributed by atoms with Crippen LogP contribution in [0.1, 0.15) is 27.7 Å². The molecule has 0 radical (unpaired) electrons. The molecule has 6 nitrogen and oxygen atoms in total. The summed E-state index contributed by atoms with van der Waals surface area (Å²) in [4.78, 5) is 30.1. The van der Waals surface area contributed by atoms with Crippen LogP contribution in [0.5, 0.6) is 0 Å². The maximum Gasteiger partial charge on any atom is 0.255 e. The Labute approximate surface area is 134 Å². The minimum absolute atomic E-state index is 0.0836. The molecule has 0 aliphatic carbocycles. The summed E-state index contributed by atoms with van der Waals surface area (Å²) in [5, 5.41) is 0. The zero-order valence-corrected chi connectivity index (χ0v) is 13.2. The molecular weight excluding hydrogens is 294 g/mol. The molecule has 1 aliphatic heterocycles. The van der Waals surface area contributed by atoms with Crippen molar-refractivity contribution in [2.24, 2.45) is 7.05 Å². The summed E-state index contributed by atoms with van der Waals surface area (Å²) in [6, 6.07) is 6.88. The topological polar surface area (TPSA) is 64.4 Å². The van der Waals surface area contributed by atoms with Gasteiger partial charge in [-0.15, -0.1) is 0 Å². The molecule has 3 heterocycles. The SMILES string of the molecule is Cc1cc([C@H]2CN(C(=O)c3ccc(=O)n(C)c3)CCO2)ccn1. The van der Waals surface area contributed by atoms with Crippen LogP contribution in [0.4, 0.5) is 0 Å². The van der Waals surface area contributed by atoms with E-state index in [1.54, 1.807) is 30.4 Å². The van der Waals surface area contributed by atoms with E-state index in [2.05, 4.69) is 4.98 Å². The lowest BCUT2D eigenvalue weighted by Gasteiger charge is -2.33. The number of amides is 1. The van der Waals surface area contributed by atoms with E-state index in [9.17, 15) is 9.59 Å². The highest BCUT2D eigenvalue weighted by Crippen LogP contribution is 2.23. The molecule has 1 atom stereocenters. The number of carbonyl (C=O) groups excluding carboxylic acids is 1. The van der Waals surface area contributed by atoms with Gasteiger partial charge in [0.15, 0.2) is 0 Å². The third-order valence-electron chi connectivity index (χ3n) is 3.98. The first-order valence-corrected chi connectivity index (χ1v) is 7.55. The van der Waals surface area contributed by atoms with Crippen molar-refractivity contribution >= 4 is 5.91 Å². The van der Waals surface area contributed by atoms with E-state index in [4.69, 9.17) is 4.74 Å². The Hall–Kier alpha value is -2.47. The number of rotatable bonds is 2. The highest BCUT2D eigenvalue weighted by molar-refractivity contribution is 5.94. The Morgan fingerprint density at radius 1 is 1.35 bits per heavy atom. The lowest BCUT2D eigenvalue weighted by Crippen LogP contribution is -2.42. The fourth-order valence-corrected chi connectivity index (χ4v) is 2.71. The predicted octanol–water partition coefficient (Wildman–Crippen LogP) is 1.30. The largest absolute Gasteiger partial charge is 0.370 e. The van der Waals surface area contributed by atoms with Crippen LogP contribution in [-0.2, 0) is 11.8 Å². The average Bonchev–Trinajstić information content (AvgIpc) is 2.57. The maximum atomic E-state index is 12.6. The second-order valence-electron chi connectivity index (χ2n) is 5.71. The molecule has 1 aliphatic rings. The molecule has 1 fully saturated rings. The van der Waals surface area contributed by atoms with Crippen molar-refractivity contribution in [1.29, 1.82) is 0 Å². The summed E-state index contributed by atoms with van der Waals surface area (Å²) in [5.41, 5.74) is 2.33. The van der Waals surface area contributed by atoms with Gasteiger partial charge in [0.25, 0.3) is 5.91 Å². The third kappa shape index (κ3) is 3.32. The van der Waals surface area contributed by atoms with E-state index >= 15 is 0 Å². The van der Waals surface area contributed by atoms with Crippen LogP contribution in [0, 0.1) is 6.92 Å². The monoisotopic (exact) mass is 313 g/mol. The summed E-state index contributed by atoms with van der Waals surface area (Å²) in [6.45, 7) is 3.45. The van der Waals surface area contributed by atoms with Crippen LogP contribution in [-0.4, -0.2) is 40.1 Å². The molecule has 2 aromatic rings. The molecule has 120 valence electrons.